The van der Waals surface area contributed by atoms with E-state index in [0.29, 0.717) is 5.69 Å². The highest BCUT2D eigenvalue weighted by molar-refractivity contribution is 5.96. The number of para-hydroxylation sites is 1. The van der Waals surface area contributed by atoms with Gasteiger partial charge in [-0.2, -0.15) is 5.10 Å². The van der Waals surface area contributed by atoms with Crippen molar-refractivity contribution in [2.45, 2.75) is 32.7 Å². The zero-order valence-corrected chi connectivity index (χ0v) is 14.0. The first-order chi connectivity index (χ1) is 11.7. The fourth-order valence-corrected chi connectivity index (χ4v) is 2.17. The first-order valence-electron chi connectivity index (χ1n) is 7.61. The first-order valence-corrected chi connectivity index (χ1v) is 7.61. The summed E-state index contributed by atoms with van der Waals surface area (Å²) in [5.41, 5.74) is -2.31. The van der Waals surface area contributed by atoms with Gasteiger partial charge in [0.05, 0.1) is 0 Å². The van der Waals surface area contributed by atoms with E-state index >= 15 is 0 Å². The lowest BCUT2D eigenvalue weighted by molar-refractivity contribution is -0.143. The molecule has 0 radical (unpaired) electrons. The number of carboxylic acid groups (broad SMARTS) is 1. The van der Waals surface area contributed by atoms with Crippen LogP contribution in [0.15, 0.2) is 35.1 Å². The molecule has 0 aliphatic heterocycles. The summed E-state index contributed by atoms with van der Waals surface area (Å²) >= 11 is 0. The van der Waals surface area contributed by atoms with Gasteiger partial charge in [-0.05, 0) is 32.4 Å². The van der Waals surface area contributed by atoms with Crippen molar-refractivity contribution in [3.63, 3.8) is 0 Å². The zero-order valence-electron chi connectivity index (χ0n) is 14.0. The standard InChI is InChI=1S/C17H18FN3O4/c1-4-17(3,16(24)25)19-15(23)14-13(22)9-10(2)21(20-14)12-8-6-5-7-11(12)18/h5-9H,4H2,1-3H3,(H,19,23)(H,24,25). The maximum atomic E-state index is 14.0. The Bertz CT molecular complexity index is 894. The van der Waals surface area contributed by atoms with E-state index in [0.717, 1.165) is 10.7 Å². The van der Waals surface area contributed by atoms with Crippen molar-refractivity contribution in [3.05, 3.63) is 57.8 Å². The lowest BCUT2D eigenvalue weighted by Crippen LogP contribution is -2.52. The number of benzene rings is 1. The predicted molar refractivity (Wildman–Crippen MR) is 88.3 cm³/mol. The van der Waals surface area contributed by atoms with Crippen molar-refractivity contribution < 1.29 is 19.1 Å². The number of rotatable bonds is 5. The van der Waals surface area contributed by atoms with Crippen molar-refractivity contribution in [2.24, 2.45) is 0 Å². The van der Waals surface area contributed by atoms with Crippen LogP contribution in [0.4, 0.5) is 4.39 Å². The molecule has 0 fully saturated rings. The van der Waals surface area contributed by atoms with Gasteiger partial charge in [-0.3, -0.25) is 9.59 Å². The van der Waals surface area contributed by atoms with Gasteiger partial charge in [0.1, 0.15) is 17.0 Å². The quantitative estimate of drug-likeness (QED) is 0.857. The van der Waals surface area contributed by atoms with Crippen LogP contribution in [0.5, 0.6) is 0 Å². The first kappa shape index (κ1) is 18.3. The Morgan fingerprint density at radius 3 is 2.56 bits per heavy atom. The number of aryl methyl sites for hydroxylation is 1. The average Bonchev–Trinajstić information content (AvgIpc) is 2.55. The van der Waals surface area contributed by atoms with E-state index in [1.807, 2.05) is 0 Å². The number of hydrogen-bond donors (Lipinski definition) is 2. The molecule has 8 heteroatoms. The number of carboxylic acids is 1. The van der Waals surface area contributed by atoms with Crippen molar-refractivity contribution >= 4 is 11.9 Å². The molecular formula is C17H18FN3O4. The van der Waals surface area contributed by atoms with Crippen LogP contribution >= 0.6 is 0 Å². The van der Waals surface area contributed by atoms with Crippen LogP contribution in [0.1, 0.15) is 36.5 Å². The monoisotopic (exact) mass is 347 g/mol. The highest BCUT2D eigenvalue weighted by Crippen LogP contribution is 2.14. The summed E-state index contributed by atoms with van der Waals surface area (Å²) in [6.07, 6.45) is 0.113. The molecule has 1 aromatic heterocycles. The fraction of sp³-hybridized carbons (Fsp3) is 0.294. The van der Waals surface area contributed by atoms with Gasteiger partial charge in [0.15, 0.2) is 5.69 Å². The SMILES string of the molecule is CCC(C)(NC(=O)c1nn(-c2ccccc2F)c(C)cc1=O)C(=O)O. The van der Waals surface area contributed by atoms with Gasteiger partial charge in [-0.1, -0.05) is 19.1 Å². The van der Waals surface area contributed by atoms with E-state index in [4.69, 9.17) is 0 Å². The molecule has 2 rings (SSSR count). The van der Waals surface area contributed by atoms with Crippen LogP contribution in [-0.2, 0) is 4.79 Å². The number of nitrogens with zero attached hydrogens (tertiary/aromatic N) is 2. The molecule has 25 heavy (non-hydrogen) atoms. The predicted octanol–water partition coefficient (Wildman–Crippen LogP) is 1.66. The topological polar surface area (TPSA) is 101 Å². The van der Waals surface area contributed by atoms with Gasteiger partial charge in [0.2, 0.25) is 5.43 Å². The van der Waals surface area contributed by atoms with E-state index in [1.54, 1.807) is 19.9 Å². The van der Waals surface area contributed by atoms with Crippen molar-refractivity contribution in [3.8, 4) is 5.69 Å². The molecule has 2 aromatic rings. The maximum absolute atomic E-state index is 14.0. The summed E-state index contributed by atoms with van der Waals surface area (Å²) in [6, 6.07) is 6.93. The van der Waals surface area contributed by atoms with E-state index in [2.05, 4.69) is 10.4 Å². The van der Waals surface area contributed by atoms with Gasteiger partial charge in [-0.15, -0.1) is 0 Å². The van der Waals surface area contributed by atoms with Crippen molar-refractivity contribution in [2.75, 3.05) is 0 Å². The summed E-state index contributed by atoms with van der Waals surface area (Å²) in [5.74, 6) is -2.73. The molecule has 0 spiro atoms. The number of amides is 1. The molecule has 2 N–H and O–H groups in total. The van der Waals surface area contributed by atoms with Gasteiger partial charge in [0.25, 0.3) is 5.91 Å². The second-order valence-electron chi connectivity index (χ2n) is 5.81. The number of hydrogen-bond acceptors (Lipinski definition) is 4. The summed E-state index contributed by atoms with van der Waals surface area (Å²) < 4.78 is 15.1. The molecule has 0 aliphatic rings. The molecule has 0 saturated heterocycles. The van der Waals surface area contributed by atoms with Crippen molar-refractivity contribution in [1.29, 1.82) is 0 Å². The molecular weight excluding hydrogens is 329 g/mol. The largest absolute Gasteiger partial charge is 0.480 e. The number of aliphatic carboxylic acids is 1. The Morgan fingerprint density at radius 2 is 2.00 bits per heavy atom. The molecule has 0 aliphatic carbocycles. The van der Waals surface area contributed by atoms with Gasteiger partial charge < -0.3 is 10.4 Å². The minimum absolute atomic E-state index is 0.0746. The summed E-state index contributed by atoms with van der Waals surface area (Å²) in [7, 11) is 0. The lowest BCUT2D eigenvalue weighted by atomic mass is 9.99. The fourth-order valence-electron chi connectivity index (χ4n) is 2.17. The molecule has 1 aromatic carbocycles. The molecule has 0 bridgehead atoms. The Balaban J connectivity index is 2.51. The minimum atomic E-state index is -1.54. The number of carbonyl (C=O) groups excluding carboxylic acids is 1. The summed E-state index contributed by atoms with van der Waals surface area (Å²) in [5, 5.41) is 15.5. The smallest absolute Gasteiger partial charge is 0.329 e. The van der Waals surface area contributed by atoms with E-state index in [-0.39, 0.29) is 12.1 Å². The summed E-state index contributed by atoms with van der Waals surface area (Å²) in [4.78, 5) is 35.8. The van der Waals surface area contributed by atoms with E-state index in [9.17, 15) is 23.9 Å². The maximum Gasteiger partial charge on any atom is 0.329 e. The molecule has 1 amide bonds. The molecule has 132 valence electrons. The number of nitrogens with one attached hydrogen (secondary N) is 1. The van der Waals surface area contributed by atoms with Crippen LogP contribution < -0.4 is 10.7 Å². The van der Waals surface area contributed by atoms with Crippen LogP contribution in [0.25, 0.3) is 5.69 Å². The normalized spacial score (nSPS) is 13.1. The minimum Gasteiger partial charge on any atom is -0.480 e. The molecule has 0 saturated carbocycles. The van der Waals surface area contributed by atoms with Crippen LogP contribution in [-0.4, -0.2) is 32.3 Å². The molecule has 7 nitrogen and oxygen atoms in total. The van der Waals surface area contributed by atoms with E-state index in [1.165, 1.54) is 25.1 Å². The second kappa shape index (κ2) is 6.84. The zero-order chi connectivity index (χ0) is 18.8. The molecule has 1 atom stereocenters. The number of halogens is 1. The van der Waals surface area contributed by atoms with Crippen LogP contribution in [0, 0.1) is 12.7 Å². The number of aromatic nitrogens is 2. The Kier molecular flexibility index (Phi) is 5.01. The number of carbonyl (C=O) groups is 2. The highest BCUT2D eigenvalue weighted by atomic mass is 19.1. The Morgan fingerprint density at radius 1 is 1.36 bits per heavy atom. The third kappa shape index (κ3) is 3.57. The highest BCUT2D eigenvalue weighted by Gasteiger charge is 2.34. The average molecular weight is 347 g/mol. The van der Waals surface area contributed by atoms with Gasteiger partial charge in [0, 0.05) is 11.8 Å². The third-order valence-corrected chi connectivity index (χ3v) is 3.97. The Hall–Kier alpha value is -3.03. The lowest BCUT2D eigenvalue weighted by Gasteiger charge is -2.24. The van der Waals surface area contributed by atoms with Crippen molar-refractivity contribution in [1.82, 2.24) is 15.1 Å². The summed E-state index contributed by atoms with van der Waals surface area (Å²) in [6.45, 7) is 4.47. The van der Waals surface area contributed by atoms with Gasteiger partial charge in [-0.25, -0.2) is 13.9 Å². The van der Waals surface area contributed by atoms with E-state index < -0.39 is 34.4 Å². The third-order valence-electron chi connectivity index (χ3n) is 3.97. The van der Waals surface area contributed by atoms with Crippen LogP contribution in [0.3, 0.4) is 0 Å². The van der Waals surface area contributed by atoms with Crippen LogP contribution in [0.2, 0.25) is 0 Å². The van der Waals surface area contributed by atoms with Gasteiger partial charge >= 0.3 is 5.97 Å². The Labute approximate surface area is 143 Å². The molecule has 1 heterocycles. The molecule has 1 unspecified atom stereocenters. The second-order valence-corrected chi connectivity index (χ2v) is 5.81.